The molecule has 1 aliphatic heterocycles. The second kappa shape index (κ2) is 4.46. The van der Waals surface area contributed by atoms with Gasteiger partial charge in [0.05, 0.1) is 12.7 Å². The summed E-state index contributed by atoms with van der Waals surface area (Å²) in [6.07, 6.45) is 3.83. The van der Waals surface area contributed by atoms with E-state index in [9.17, 15) is 4.79 Å². The Balaban J connectivity index is 2.52. The number of fused-ring (bicyclic) bond motifs is 1. The molecule has 1 aromatic rings. The zero-order valence-electron chi connectivity index (χ0n) is 10.7. The van der Waals surface area contributed by atoms with Crippen molar-refractivity contribution in [1.82, 2.24) is 0 Å². The van der Waals surface area contributed by atoms with Gasteiger partial charge in [-0.25, -0.2) is 0 Å². The Hall–Kier alpha value is -1.81. The average Bonchev–Trinajstić information content (AvgIpc) is 2.35. The number of benzene rings is 1. The van der Waals surface area contributed by atoms with Gasteiger partial charge >= 0.3 is 0 Å². The number of ether oxygens (including phenoxy) is 2. The molecule has 1 aliphatic rings. The van der Waals surface area contributed by atoms with Crippen molar-refractivity contribution in [2.24, 2.45) is 0 Å². The molecular weight excluding hydrogens is 232 g/mol. The quantitative estimate of drug-likeness (QED) is 0.832. The number of rotatable bonds is 3. The maximum Gasteiger partial charge on any atom is 0.191 e. The van der Waals surface area contributed by atoms with Crippen LogP contribution in [0, 0.1) is 0 Å². The van der Waals surface area contributed by atoms with Crippen LogP contribution in [-0.2, 0) is 0 Å². The molecule has 96 valence electrons. The van der Waals surface area contributed by atoms with Crippen LogP contribution in [0.4, 0.5) is 0 Å². The molecule has 0 spiro atoms. The van der Waals surface area contributed by atoms with E-state index in [2.05, 4.69) is 0 Å². The standard InChI is InChI=1S/C14H16O4/c1-14(2)5-4-9-6-10(11(16)8-15)13(17-3)7-12(9)18-14/h4-7,15H,8H2,1-3H3. The molecule has 4 nitrogen and oxygen atoms in total. The van der Waals surface area contributed by atoms with E-state index >= 15 is 0 Å². The van der Waals surface area contributed by atoms with E-state index in [4.69, 9.17) is 14.6 Å². The normalized spacial score (nSPS) is 15.8. The summed E-state index contributed by atoms with van der Waals surface area (Å²) < 4.78 is 11.0. The number of aliphatic hydroxyl groups excluding tert-OH is 1. The van der Waals surface area contributed by atoms with Gasteiger partial charge in [-0.15, -0.1) is 0 Å². The summed E-state index contributed by atoms with van der Waals surface area (Å²) in [4.78, 5) is 11.6. The Bertz CT molecular complexity index is 515. The third kappa shape index (κ3) is 2.24. The van der Waals surface area contributed by atoms with Crippen molar-refractivity contribution in [3.8, 4) is 11.5 Å². The van der Waals surface area contributed by atoms with Crippen molar-refractivity contribution in [1.29, 1.82) is 0 Å². The van der Waals surface area contributed by atoms with Gasteiger partial charge in [0.1, 0.15) is 23.7 Å². The van der Waals surface area contributed by atoms with E-state index in [1.165, 1.54) is 7.11 Å². The molecule has 0 atom stereocenters. The van der Waals surface area contributed by atoms with Gasteiger partial charge in [0.2, 0.25) is 0 Å². The number of carbonyl (C=O) groups excluding carboxylic acids is 1. The fourth-order valence-electron chi connectivity index (χ4n) is 1.88. The fraction of sp³-hybridized carbons (Fsp3) is 0.357. The number of methoxy groups -OCH3 is 1. The highest BCUT2D eigenvalue weighted by Gasteiger charge is 2.24. The zero-order chi connectivity index (χ0) is 13.3. The Morgan fingerprint density at radius 2 is 2.17 bits per heavy atom. The second-order valence-electron chi connectivity index (χ2n) is 4.71. The first-order valence-electron chi connectivity index (χ1n) is 5.71. The molecule has 0 saturated carbocycles. The average molecular weight is 248 g/mol. The summed E-state index contributed by atoms with van der Waals surface area (Å²) in [5.41, 5.74) is 0.805. The van der Waals surface area contributed by atoms with Crippen molar-refractivity contribution in [3.05, 3.63) is 29.3 Å². The van der Waals surface area contributed by atoms with Crippen LogP contribution >= 0.6 is 0 Å². The van der Waals surface area contributed by atoms with Crippen molar-refractivity contribution in [3.63, 3.8) is 0 Å². The molecule has 0 aliphatic carbocycles. The predicted octanol–water partition coefficient (Wildman–Crippen LogP) is 2.05. The molecule has 0 aromatic heterocycles. The van der Waals surface area contributed by atoms with Crippen LogP contribution in [0.3, 0.4) is 0 Å². The van der Waals surface area contributed by atoms with E-state index in [0.717, 1.165) is 5.56 Å². The van der Waals surface area contributed by atoms with Crippen LogP contribution in [0.2, 0.25) is 0 Å². The number of carbonyl (C=O) groups is 1. The molecule has 0 unspecified atom stereocenters. The summed E-state index contributed by atoms with van der Waals surface area (Å²) in [7, 11) is 1.49. The molecule has 0 bridgehead atoms. The topological polar surface area (TPSA) is 55.8 Å². The van der Waals surface area contributed by atoms with Crippen molar-refractivity contribution < 1.29 is 19.4 Å². The molecule has 4 heteroatoms. The Morgan fingerprint density at radius 1 is 1.44 bits per heavy atom. The fourth-order valence-corrected chi connectivity index (χ4v) is 1.88. The number of aliphatic hydroxyl groups is 1. The molecule has 2 rings (SSSR count). The molecule has 0 fully saturated rings. The van der Waals surface area contributed by atoms with E-state index < -0.39 is 6.61 Å². The minimum atomic E-state index is -0.536. The van der Waals surface area contributed by atoms with E-state index in [1.807, 2.05) is 26.0 Å². The number of hydrogen-bond donors (Lipinski definition) is 1. The van der Waals surface area contributed by atoms with Crippen LogP contribution in [0.15, 0.2) is 18.2 Å². The lowest BCUT2D eigenvalue weighted by Gasteiger charge is -2.28. The first-order valence-corrected chi connectivity index (χ1v) is 5.71. The number of Topliss-reactive ketones (excluding diaryl/α,β-unsaturated/α-hetero) is 1. The van der Waals surface area contributed by atoms with Crippen LogP contribution in [-0.4, -0.2) is 30.2 Å². The van der Waals surface area contributed by atoms with Gasteiger partial charge in [-0.2, -0.15) is 0 Å². The van der Waals surface area contributed by atoms with Crippen molar-refractivity contribution >= 4 is 11.9 Å². The Labute approximate surface area is 106 Å². The summed E-state index contributed by atoms with van der Waals surface area (Å²) in [6.45, 7) is 3.36. The third-order valence-electron chi connectivity index (χ3n) is 2.81. The SMILES string of the molecule is COc1cc2c(cc1C(=O)CO)C=CC(C)(C)O2. The first kappa shape index (κ1) is 12.6. The number of hydrogen-bond acceptors (Lipinski definition) is 4. The highest BCUT2D eigenvalue weighted by Crippen LogP contribution is 2.36. The highest BCUT2D eigenvalue weighted by atomic mass is 16.5. The molecule has 18 heavy (non-hydrogen) atoms. The summed E-state index contributed by atoms with van der Waals surface area (Å²) in [6, 6.07) is 3.36. The zero-order valence-corrected chi connectivity index (χ0v) is 10.7. The first-order chi connectivity index (χ1) is 8.46. The molecule has 0 amide bonds. The van der Waals surface area contributed by atoms with Crippen LogP contribution in [0.1, 0.15) is 29.8 Å². The Kier molecular flexibility index (Phi) is 3.13. The maximum atomic E-state index is 11.6. The molecular formula is C14H16O4. The summed E-state index contributed by atoms with van der Waals surface area (Å²) in [5, 5.41) is 8.94. The van der Waals surface area contributed by atoms with Crippen LogP contribution in [0.25, 0.3) is 6.08 Å². The van der Waals surface area contributed by atoms with E-state index in [0.29, 0.717) is 17.1 Å². The van der Waals surface area contributed by atoms with Gasteiger partial charge in [0.25, 0.3) is 0 Å². The predicted molar refractivity (Wildman–Crippen MR) is 68.2 cm³/mol. The molecule has 0 saturated heterocycles. The third-order valence-corrected chi connectivity index (χ3v) is 2.81. The minimum Gasteiger partial charge on any atom is -0.496 e. The Morgan fingerprint density at radius 3 is 2.78 bits per heavy atom. The van der Waals surface area contributed by atoms with Gasteiger partial charge in [0.15, 0.2) is 5.78 Å². The summed E-state index contributed by atoms with van der Waals surface area (Å²) in [5.74, 6) is 0.723. The van der Waals surface area contributed by atoms with Gasteiger partial charge in [-0.05, 0) is 26.0 Å². The molecule has 1 heterocycles. The molecule has 1 N–H and O–H groups in total. The van der Waals surface area contributed by atoms with E-state index in [1.54, 1.807) is 12.1 Å². The summed E-state index contributed by atoms with van der Waals surface area (Å²) >= 11 is 0. The van der Waals surface area contributed by atoms with Gasteiger partial charge in [0, 0.05) is 11.6 Å². The molecule has 1 aromatic carbocycles. The lowest BCUT2D eigenvalue weighted by atomic mass is 9.99. The van der Waals surface area contributed by atoms with Gasteiger partial charge < -0.3 is 14.6 Å². The van der Waals surface area contributed by atoms with Gasteiger partial charge in [-0.1, -0.05) is 6.08 Å². The highest BCUT2D eigenvalue weighted by molar-refractivity contribution is 6.00. The van der Waals surface area contributed by atoms with Gasteiger partial charge in [-0.3, -0.25) is 4.79 Å². The maximum absolute atomic E-state index is 11.6. The monoisotopic (exact) mass is 248 g/mol. The second-order valence-corrected chi connectivity index (χ2v) is 4.71. The minimum absolute atomic E-state index is 0.367. The van der Waals surface area contributed by atoms with Crippen LogP contribution < -0.4 is 9.47 Å². The lowest BCUT2D eigenvalue weighted by molar-refractivity contribution is 0.0900. The lowest BCUT2D eigenvalue weighted by Crippen LogP contribution is -2.27. The molecule has 0 radical (unpaired) electrons. The van der Waals surface area contributed by atoms with Crippen molar-refractivity contribution in [2.45, 2.75) is 19.4 Å². The smallest absolute Gasteiger partial charge is 0.191 e. The van der Waals surface area contributed by atoms with Crippen molar-refractivity contribution in [2.75, 3.05) is 13.7 Å². The van der Waals surface area contributed by atoms with E-state index in [-0.39, 0.29) is 11.4 Å². The van der Waals surface area contributed by atoms with Crippen LogP contribution in [0.5, 0.6) is 11.5 Å². The number of ketones is 1. The largest absolute Gasteiger partial charge is 0.496 e.